The number of nitrogens with one attached hydrogen (secondary N) is 1. The van der Waals surface area contributed by atoms with Crippen molar-refractivity contribution in [1.29, 1.82) is 0 Å². The van der Waals surface area contributed by atoms with Crippen LogP contribution in [0.15, 0.2) is 64.8 Å². The molecule has 0 aliphatic heterocycles. The van der Waals surface area contributed by atoms with Crippen LogP contribution in [0.1, 0.15) is 16.1 Å². The number of pyridine rings is 1. The topological polar surface area (TPSA) is 79.9 Å². The van der Waals surface area contributed by atoms with Gasteiger partial charge in [0.2, 0.25) is 0 Å². The van der Waals surface area contributed by atoms with Crippen LogP contribution in [0.25, 0.3) is 22.2 Å². The highest BCUT2D eigenvalue weighted by Gasteiger charge is 2.30. The summed E-state index contributed by atoms with van der Waals surface area (Å²) >= 11 is 1.08. The van der Waals surface area contributed by atoms with Crippen molar-refractivity contribution in [2.75, 3.05) is 0 Å². The molecule has 0 bridgehead atoms. The number of para-hydroxylation sites is 1. The second-order valence-corrected chi connectivity index (χ2v) is 9.96. The molecule has 31 heavy (non-hydrogen) atoms. The van der Waals surface area contributed by atoms with Gasteiger partial charge in [0.05, 0.1) is 22.6 Å². The number of rotatable bonds is 5. The lowest BCUT2D eigenvalue weighted by Crippen LogP contribution is -2.10. The fourth-order valence-corrected chi connectivity index (χ4v) is 5.79. The summed E-state index contributed by atoms with van der Waals surface area (Å²) in [5.74, 6) is -0.970. The molecule has 160 valence electrons. The second-order valence-electron chi connectivity index (χ2n) is 6.96. The summed E-state index contributed by atoms with van der Waals surface area (Å²) in [6.07, 6.45) is -4.54. The van der Waals surface area contributed by atoms with Crippen molar-refractivity contribution in [2.24, 2.45) is 0 Å². The Bertz CT molecular complexity index is 1420. The van der Waals surface area contributed by atoms with Crippen LogP contribution in [0.5, 0.6) is 0 Å². The minimum atomic E-state index is -4.54. The fraction of sp³-hybridized carbons (Fsp3) is 0.143. The van der Waals surface area contributed by atoms with Crippen LogP contribution >= 0.6 is 11.3 Å². The Balaban J connectivity index is 1.56. The summed E-state index contributed by atoms with van der Waals surface area (Å²) in [6.45, 7) is 0. The first kappa shape index (κ1) is 21.3. The van der Waals surface area contributed by atoms with Crippen LogP contribution < -0.4 is 5.56 Å². The molecule has 0 unspecified atom stereocenters. The zero-order valence-corrected chi connectivity index (χ0v) is 17.4. The highest BCUT2D eigenvalue weighted by Crippen LogP contribution is 2.30. The molecule has 2 aromatic carbocycles. The number of halogens is 3. The summed E-state index contributed by atoms with van der Waals surface area (Å²) in [5.41, 5.74) is 0.153. The highest BCUT2D eigenvalue weighted by molar-refractivity contribution is 7.89. The molecule has 1 N–H and O–H groups in total. The second kappa shape index (κ2) is 7.93. The Hall–Kier alpha value is -2.98. The number of hydrogen-bond acceptors (Lipinski definition) is 5. The van der Waals surface area contributed by atoms with Crippen LogP contribution in [-0.4, -0.2) is 18.4 Å². The van der Waals surface area contributed by atoms with E-state index in [2.05, 4.69) is 9.97 Å². The van der Waals surface area contributed by atoms with E-state index in [4.69, 9.17) is 0 Å². The SMILES string of the molecule is O=c1[nH]c2ccccc2cc1-c1csc(CS(=O)(=O)Cc2cccc(C(F)(F)F)c2)n1. The molecule has 0 radical (unpaired) electrons. The average molecular weight is 464 g/mol. The van der Waals surface area contributed by atoms with Gasteiger partial charge in [0.1, 0.15) is 10.8 Å². The molecule has 0 fully saturated rings. The molecule has 0 aliphatic rings. The van der Waals surface area contributed by atoms with Crippen molar-refractivity contribution in [1.82, 2.24) is 9.97 Å². The number of aromatic nitrogens is 2. The van der Waals surface area contributed by atoms with Gasteiger partial charge in [-0.25, -0.2) is 13.4 Å². The van der Waals surface area contributed by atoms with E-state index in [-0.39, 0.29) is 16.1 Å². The number of thiazole rings is 1. The van der Waals surface area contributed by atoms with Gasteiger partial charge in [-0.05, 0) is 29.1 Å². The molecular formula is C21H15F3N2O3S2. The highest BCUT2D eigenvalue weighted by atomic mass is 32.2. The van der Waals surface area contributed by atoms with Gasteiger partial charge in [0, 0.05) is 10.9 Å². The van der Waals surface area contributed by atoms with Gasteiger partial charge in [-0.1, -0.05) is 36.4 Å². The van der Waals surface area contributed by atoms with Gasteiger partial charge < -0.3 is 4.98 Å². The predicted molar refractivity (Wildman–Crippen MR) is 113 cm³/mol. The van der Waals surface area contributed by atoms with E-state index in [0.29, 0.717) is 16.8 Å². The summed E-state index contributed by atoms with van der Waals surface area (Å²) in [6, 6.07) is 13.2. The average Bonchev–Trinajstić information content (AvgIpc) is 3.14. The molecule has 0 amide bonds. The monoisotopic (exact) mass is 464 g/mol. The summed E-state index contributed by atoms with van der Waals surface area (Å²) in [4.78, 5) is 19.4. The molecule has 4 aromatic rings. The van der Waals surface area contributed by atoms with Crippen LogP contribution in [0.2, 0.25) is 0 Å². The number of hydrogen-bond donors (Lipinski definition) is 1. The Kier molecular flexibility index (Phi) is 5.44. The third kappa shape index (κ3) is 4.86. The van der Waals surface area contributed by atoms with Gasteiger partial charge in [-0.15, -0.1) is 11.3 Å². The van der Waals surface area contributed by atoms with Crippen molar-refractivity contribution in [3.8, 4) is 11.3 Å². The van der Waals surface area contributed by atoms with Gasteiger partial charge in [-0.2, -0.15) is 13.2 Å². The molecule has 0 saturated carbocycles. The van der Waals surface area contributed by atoms with Gasteiger partial charge in [-0.3, -0.25) is 4.79 Å². The Labute approximate surface area is 179 Å². The maximum absolute atomic E-state index is 12.9. The number of nitrogens with zero attached hydrogens (tertiary/aromatic N) is 1. The normalized spacial score (nSPS) is 12.4. The van der Waals surface area contributed by atoms with Crippen molar-refractivity contribution < 1.29 is 21.6 Å². The molecule has 2 aromatic heterocycles. The quantitative estimate of drug-likeness (QED) is 0.461. The van der Waals surface area contributed by atoms with Gasteiger partial charge in [0.25, 0.3) is 5.56 Å². The zero-order valence-electron chi connectivity index (χ0n) is 15.8. The molecule has 0 spiro atoms. The molecular weight excluding hydrogens is 449 g/mol. The van der Waals surface area contributed by atoms with Crippen molar-refractivity contribution in [3.05, 3.63) is 86.5 Å². The Morgan fingerprint density at radius 3 is 2.55 bits per heavy atom. The minimum Gasteiger partial charge on any atom is -0.321 e. The summed E-state index contributed by atoms with van der Waals surface area (Å²) < 4.78 is 63.6. The fourth-order valence-electron chi connectivity index (χ4n) is 3.17. The van der Waals surface area contributed by atoms with Gasteiger partial charge in [0.15, 0.2) is 9.84 Å². The lowest BCUT2D eigenvalue weighted by molar-refractivity contribution is -0.137. The molecule has 0 aliphatic carbocycles. The first-order valence-electron chi connectivity index (χ1n) is 9.04. The standard InChI is InChI=1S/C21H15F3N2O3S2/c22-21(23,24)15-6-3-4-13(8-15)11-31(28,29)12-19-25-18(10-30-19)16-9-14-5-1-2-7-17(14)26-20(16)27/h1-10H,11-12H2,(H,26,27). The number of sulfone groups is 1. The number of alkyl halides is 3. The van der Waals surface area contributed by atoms with Crippen molar-refractivity contribution in [2.45, 2.75) is 17.7 Å². The van der Waals surface area contributed by atoms with Crippen LogP contribution in [0.3, 0.4) is 0 Å². The Morgan fingerprint density at radius 2 is 1.77 bits per heavy atom. The van der Waals surface area contributed by atoms with Crippen molar-refractivity contribution in [3.63, 3.8) is 0 Å². The summed E-state index contributed by atoms with van der Waals surface area (Å²) in [7, 11) is -3.77. The Morgan fingerprint density at radius 1 is 1.00 bits per heavy atom. The molecule has 4 rings (SSSR count). The molecule has 2 heterocycles. The van der Waals surface area contributed by atoms with Gasteiger partial charge >= 0.3 is 6.18 Å². The first-order valence-corrected chi connectivity index (χ1v) is 11.7. The maximum atomic E-state index is 12.9. The minimum absolute atomic E-state index is 0.0533. The third-order valence-corrected chi connectivity index (χ3v) is 7.08. The molecule has 0 saturated heterocycles. The third-order valence-electron chi connectivity index (χ3n) is 4.57. The first-order chi connectivity index (χ1) is 14.6. The van der Waals surface area contributed by atoms with E-state index in [1.54, 1.807) is 23.6 Å². The van der Waals surface area contributed by atoms with E-state index in [1.165, 1.54) is 12.1 Å². The van der Waals surface area contributed by atoms with E-state index in [9.17, 15) is 26.4 Å². The smallest absolute Gasteiger partial charge is 0.321 e. The number of H-pyrrole nitrogens is 1. The van der Waals surface area contributed by atoms with E-state index in [1.807, 2.05) is 12.1 Å². The van der Waals surface area contributed by atoms with E-state index < -0.39 is 33.1 Å². The van der Waals surface area contributed by atoms with E-state index >= 15 is 0 Å². The lowest BCUT2D eigenvalue weighted by Gasteiger charge is -2.09. The van der Waals surface area contributed by atoms with Crippen LogP contribution in [-0.2, 0) is 27.5 Å². The molecule has 0 atom stereocenters. The lowest BCUT2D eigenvalue weighted by atomic mass is 10.1. The molecule has 5 nitrogen and oxygen atoms in total. The number of aromatic amines is 1. The number of fused-ring (bicyclic) bond motifs is 1. The van der Waals surface area contributed by atoms with E-state index in [0.717, 1.165) is 28.9 Å². The summed E-state index contributed by atoms with van der Waals surface area (Å²) in [5, 5.41) is 2.66. The largest absolute Gasteiger partial charge is 0.416 e. The predicted octanol–water partition coefficient (Wildman–Crippen LogP) is 4.79. The van der Waals surface area contributed by atoms with Crippen LogP contribution in [0.4, 0.5) is 13.2 Å². The van der Waals surface area contributed by atoms with Crippen molar-refractivity contribution >= 4 is 32.1 Å². The number of benzene rings is 2. The maximum Gasteiger partial charge on any atom is 0.416 e. The molecule has 10 heteroatoms. The van der Waals surface area contributed by atoms with Crippen LogP contribution in [0, 0.1) is 0 Å². The zero-order chi connectivity index (χ0) is 22.2.